The molecule has 0 unspecified atom stereocenters. The quantitative estimate of drug-likeness (QED) is 0.192. The molecule has 0 spiro atoms. The second-order valence-corrected chi connectivity index (χ2v) is 48.7. The predicted octanol–water partition coefficient (Wildman–Crippen LogP) is 24.9. The van der Waals surface area contributed by atoms with E-state index in [1.807, 2.05) is 6.08 Å². The first kappa shape index (κ1) is 94.0. The van der Waals surface area contributed by atoms with Gasteiger partial charge >= 0.3 is 0 Å². The number of rotatable bonds is 10. The van der Waals surface area contributed by atoms with E-state index in [9.17, 15) is 24.0 Å². The van der Waals surface area contributed by atoms with Gasteiger partial charge in [0.1, 0.15) is 17.3 Å². The monoisotopic (exact) mass is 1730 g/mol. The number of benzene rings is 1. The van der Waals surface area contributed by atoms with Crippen molar-refractivity contribution in [1.82, 2.24) is 16.0 Å². The van der Waals surface area contributed by atoms with Crippen LogP contribution in [0.3, 0.4) is 0 Å². The number of hydrogen-bond acceptors (Lipinski definition) is 10. The molecular weight excluding hydrogens is 1560 g/mol. The van der Waals surface area contributed by atoms with Crippen molar-refractivity contribution >= 4 is 29.3 Å². The molecule has 3 N–H and O–H groups in total. The van der Waals surface area contributed by atoms with Crippen molar-refractivity contribution in [2.45, 2.75) is 411 Å². The summed E-state index contributed by atoms with van der Waals surface area (Å²) < 4.78 is 31.0. The van der Waals surface area contributed by atoms with E-state index in [-0.39, 0.29) is 87.2 Å². The minimum Gasteiger partial charge on any atom is -0.491 e. The zero-order valence-corrected chi connectivity index (χ0v) is 82.0. The molecule has 0 saturated heterocycles. The van der Waals surface area contributed by atoms with Crippen LogP contribution in [-0.2, 0) is 49.3 Å². The van der Waals surface area contributed by atoms with E-state index in [1.165, 1.54) is 164 Å². The van der Waals surface area contributed by atoms with Gasteiger partial charge in [-0.3, -0.25) is 24.0 Å². The molecule has 14 saturated carbocycles. The Morgan fingerprint density at radius 2 is 0.881 bits per heavy atom. The topological polar surface area (TPSA) is 168 Å². The molecule has 0 radical (unpaired) electrons. The number of allylic oxidation sites excluding steroid dienone is 7. The average Bonchev–Trinajstić information content (AvgIpc) is 1.42. The van der Waals surface area contributed by atoms with Crippen LogP contribution in [0.15, 0.2) is 101 Å². The molecular formula is C113H169N3O10. The Labute approximate surface area is 762 Å². The molecule has 3 heterocycles. The highest BCUT2D eigenvalue weighted by Gasteiger charge is 2.66. The van der Waals surface area contributed by atoms with E-state index in [1.54, 1.807) is 35.1 Å². The van der Waals surface area contributed by atoms with Crippen LogP contribution in [0.2, 0.25) is 0 Å². The van der Waals surface area contributed by atoms with Crippen molar-refractivity contribution in [3.8, 4) is 5.75 Å². The summed E-state index contributed by atoms with van der Waals surface area (Å²) in [4.78, 5) is 62.9. The normalized spacial score (nSPS) is 43.8. The molecule has 126 heavy (non-hydrogen) atoms. The molecule has 13 heteroatoms. The smallest absolute Gasteiger partial charge is 0.247 e. The van der Waals surface area contributed by atoms with Crippen LogP contribution in [0, 0.1) is 132 Å². The number of aryl methyl sites for hydroxylation is 1. The van der Waals surface area contributed by atoms with Crippen molar-refractivity contribution in [1.29, 1.82) is 0 Å². The van der Waals surface area contributed by atoms with Crippen LogP contribution in [-0.4, -0.2) is 97.3 Å². The lowest BCUT2D eigenvalue weighted by atomic mass is 9.45. The molecule has 696 valence electrons. The van der Waals surface area contributed by atoms with Gasteiger partial charge in [-0.2, -0.15) is 0 Å². The number of fused-ring (bicyclic) bond motifs is 25. The molecule has 0 bridgehead atoms. The largest absolute Gasteiger partial charge is 0.491 e. The Morgan fingerprint density at radius 1 is 0.397 bits per heavy atom. The fourth-order valence-electron chi connectivity index (χ4n) is 33.9. The first-order chi connectivity index (χ1) is 59.6. The number of carbonyl (C=O) groups excluding carboxylic acids is 5. The lowest BCUT2D eigenvalue weighted by Crippen LogP contribution is -2.55. The standard InChI is InChI=1S/C24H38O.C23H32O.C22H33NO3.C22H31NO3.C22H35NO2/c1-16(2)25-19-10-13-24(5)18(14-19)7-8-20-21-9-6-17(3)15-23(21,4)12-11-22(20)24;1-15(2)24-18-7-9-19-17(13-18)6-8-21-20(19)11-12-23(4)14-16(3)5-10-22(21)23;2*1-13(2)26-18-8-7-16-15-6-5-14-11-19(25)23-10-9-21(14,3)20(15)17(24)12-22(16,18)4;1-14(2)25-19-8-7-17-16-6-5-15-13-20(24)23-12-11-21(15,3)18(16)9-10-22(17,19)4/h7,16,19-22H,3,6,8-15H2,1-2,4-5H3;7,9,13,15,20-22H,3,5-6,8,10-12,14H2,1-2,4H3;11,13,15-16,18,20H,5-10,12H2,1-4H3,(H,23,25);9-11,13,15-16,18,20H,5-8,12H2,1-4H3,(H,23,25);13-14,16-19H,5-12H2,1-4H3,(H,23,24)/t19-,20-,21-,22-,23+,24-;20-,21-,22+,23-;2*15-,16-,18-,20+,21-,22-;16-,17-,18-,19-,21-,22-/m01000/s1. The second-order valence-electron chi connectivity index (χ2n) is 48.7. The zero-order valence-electron chi connectivity index (χ0n) is 82.0. The van der Waals surface area contributed by atoms with Crippen LogP contribution in [0.1, 0.15) is 360 Å². The van der Waals surface area contributed by atoms with Gasteiger partial charge in [0, 0.05) is 83.9 Å². The highest BCUT2D eigenvalue weighted by atomic mass is 16.5. The maximum atomic E-state index is 13.5. The van der Waals surface area contributed by atoms with Gasteiger partial charge in [-0.1, -0.05) is 127 Å². The second kappa shape index (κ2) is 36.3. The Kier molecular flexibility index (Phi) is 27.1. The van der Waals surface area contributed by atoms with E-state index in [4.69, 9.17) is 23.7 Å². The van der Waals surface area contributed by atoms with E-state index in [0.717, 1.165) is 135 Å². The van der Waals surface area contributed by atoms with E-state index >= 15 is 0 Å². The molecule has 0 aromatic heterocycles. The third-order valence-corrected chi connectivity index (χ3v) is 39.6. The summed E-state index contributed by atoms with van der Waals surface area (Å²) in [6.45, 7) is 53.1. The van der Waals surface area contributed by atoms with Crippen LogP contribution in [0.4, 0.5) is 0 Å². The van der Waals surface area contributed by atoms with Crippen molar-refractivity contribution in [3.63, 3.8) is 0 Å². The summed E-state index contributed by atoms with van der Waals surface area (Å²) in [5.74, 6) is 11.6. The summed E-state index contributed by atoms with van der Waals surface area (Å²) in [5.41, 5.74) is 13.3. The molecule has 16 aliphatic carbocycles. The van der Waals surface area contributed by atoms with E-state index in [2.05, 4.69) is 191 Å². The maximum absolute atomic E-state index is 13.5. The molecule has 1 aromatic carbocycles. The van der Waals surface area contributed by atoms with Gasteiger partial charge in [-0.15, -0.1) is 0 Å². The van der Waals surface area contributed by atoms with Gasteiger partial charge in [0.25, 0.3) is 0 Å². The summed E-state index contributed by atoms with van der Waals surface area (Å²) in [6.07, 6.45) is 55.0. The number of nitrogens with one attached hydrogen (secondary N) is 3. The number of carbonyl (C=O) groups is 5. The summed E-state index contributed by atoms with van der Waals surface area (Å²) >= 11 is 0. The molecule has 20 rings (SSSR count). The highest BCUT2D eigenvalue weighted by Crippen LogP contribution is 2.71. The number of Topliss-reactive ketones (excluding diaryl/α,β-unsaturated/α-hetero) is 2. The zero-order chi connectivity index (χ0) is 89.9. The van der Waals surface area contributed by atoms with Crippen molar-refractivity contribution in [3.05, 3.63) is 113 Å². The maximum Gasteiger partial charge on any atom is 0.247 e. The highest BCUT2D eigenvalue weighted by molar-refractivity contribution is 5.92. The van der Waals surface area contributed by atoms with Crippen molar-refractivity contribution in [2.24, 2.45) is 132 Å². The van der Waals surface area contributed by atoms with Gasteiger partial charge in [0.2, 0.25) is 17.7 Å². The molecule has 28 atom stereocenters. The number of hydrogen-bond donors (Lipinski definition) is 3. The average molecular weight is 1730 g/mol. The van der Waals surface area contributed by atoms with Crippen LogP contribution < -0.4 is 20.7 Å². The molecule has 19 aliphatic rings. The van der Waals surface area contributed by atoms with Crippen LogP contribution in [0.5, 0.6) is 5.75 Å². The van der Waals surface area contributed by atoms with Gasteiger partial charge in [-0.05, 0) is 402 Å². The lowest BCUT2D eigenvalue weighted by molar-refractivity contribution is -0.153. The summed E-state index contributed by atoms with van der Waals surface area (Å²) in [5, 5.41) is 8.83. The van der Waals surface area contributed by atoms with Gasteiger partial charge in [0.15, 0.2) is 0 Å². The molecule has 1 aromatic rings. The molecule has 3 amide bonds. The number of ketones is 2. The minimum atomic E-state index is -0.336. The Morgan fingerprint density at radius 3 is 1.47 bits per heavy atom. The molecule has 3 aliphatic heterocycles. The first-order valence-electron chi connectivity index (χ1n) is 51.8. The fraction of sp³-hybridized carbons (Fsp3) is 0.779. The minimum absolute atomic E-state index is 0.0117. The molecule has 13 nitrogen and oxygen atoms in total. The van der Waals surface area contributed by atoms with E-state index < -0.39 is 0 Å². The van der Waals surface area contributed by atoms with Gasteiger partial charge in [-0.25, -0.2) is 0 Å². The van der Waals surface area contributed by atoms with Gasteiger partial charge in [0.05, 0.1) is 54.9 Å². The summed E-state index contributed by atoms with van der Waals surface area (Å²) in [7, 11) is 0. The third kappa shape index (κ3) is 17.5. The Balaban J connectivity index is 0.000000116. The van der Waals surface area contributed by atoms with Crippen molar-refractivity contribution < 1.29 is 47.7 Å². The van der Waals surface area contributed by atoms with Gasteiger partial charge < -0.3 is 39.6 Å². The number of ether oxygens (including phenoxy) is 5. The summed E-state index contributed by atoms with van der Waals surface area (Å²) in [6, 6.07) is 6.91. The predicted molar refractivity (Wildman–Crippen MR) is 507 cm³/mol. The van der Waals surface area contributed by atoms with Crippen LogP contribution >= 0.6 is 0 Å². The van der Waals surface area contributed by atoms with Crippen molar-refractivity contribution in [2.75, 3.05) is 13.1 Å². The third-order valence-electron chi connectivity index (χ3n) is 39.6. The Bertz CT molecular complexity index is 4420. The Hall–Kier alpha value is -5.21. The molecule has 14 fully saturated rings. The SMILES string of the molecule is C=C1CC[C@H]2[C@@H]3CC=C4C[C@@H](OC(C)C)CC[C@]4(C)[C@H]3CC[C@]2(C)C1.C=C1CC[C@H]2[C@@H]3CCc4cc(OC(C)C)ccc4[C@H]3CC[C@]2(C)C1.CC(C)O[C@H]1CC[C@H]2[C@@H]3CCC4=CC(=O)NC=C[C@]4(C)[C@H]3C(=O)C[C@]12C.CC(C)O[C@H]1CC[C@H]2[C@@H]3CCC4=CC(=O)NCC[C@]4(C)[C@H]3C(=O)C[C@]12C.CC(C)O[C@H]1CC[C@H]2[C@@H]3CCC4=CC(=O)NCC[C@]4(C)[C@H]3CC[C@]12C. The number of amides is 3. The van der Waals surface area contributed by atoms with Crippen LogP contribution in [0.25, 0.3) is 0 Å². The first-order valence-corrected chi connectivity index (χ1v) is 51.8. The lowest BCUT2D eigenvalue weighted by Gasteiger charge is -2.60. The fourth-order valence-corrected chi connectivity index (χ4v) is 33.9. The van der Waals surface area contributed by atoms with E-state index in [0.29, 0.717) is 101 Å².